The fraction of sp³-hybridized carbons (Fsp3) is 0.810. The summed E-state index contributed by atoms with van der Waals surface area (Å²) in [4.78, 5) is 23.0. The van der Waals surface area contributed by atoms with E-state index in [0.717, 1.165) is 24.8 Å². The van der Waals surface area contributed by atoms with Crippen LogP contribution in [0.2, 0.25) is 0 Å². The van der Waals surface area contributed by atoms with Crippen LogP contribution in [0.5, 0.6) is 0 Å². The van der Waals surface area contributed by atoms with Gasteiger partial charge < -0.3 is 0 Å². The molecule has 1 aliphatic carbocycles. The lowest BCUT2D eigenvalue weighted by atomic mass is 9.93. The van der Waals surface area contributed by atoms with Gasteiger partial charge in [-0.3, -0.25) is 9.59 Å². The lowest BCUT2D eigenvalue weighted by Crippen LogP contribution is -2.05. The molecule has 0 aliphatic heterocycles. The van der Waals surface area contributed by atoms with Crippen molar-refractivity contribution in [2.24, 2.45) is 17.8 Å². The summed E-state index contributed by atoms with van der Waals surface area (Å²) in [6, 6.07) is 0. The van der Waals surface area contributed by atoms with E-state index < -0.39 is 0 Å². The average Bonchev–Trinajstić information content (AvgIpc) is 2.73. The molecule has 0 aromatic carbocycles. The number of hydrogen-bond donors (Lipinski definition) is 0. The fourth-order valence-electron chi connectivity index (χ4n) is 3.60. The van der Waals surface area contributed by atoms with Gasteiger partial charge in [-0.2, -0.15) is 0 Å². The first kappa shape index (κ1) is 20.1. The van der Waals surface area contributed by atoms with Crippen LogP contribution in [0, 0.1) is 17.8 Å². The van der Waals surface area contributed by atoms with Crippen molar-refractivity contribution in [1.82, 2.24) is 0 Å². The Labute approximate surface area is 143 Å². The molecule has 0 heterocycles. The summed E-state index contributed by atoms with van der Waals surface area (Å²) in [6.45, 7) is 10.1. The molecule has 0 amide bonds. The van der Waals surface area contributed by atoms with Crippen LogP contribution in [0.4, 0.5) is 0 Å². The van der Waals surface area contributed by atoms with Crippen molar-refractivity contribution in [3.05, 3.63) is 11.1 Å². The molecule has 0 bridgehead atoms. The Bertz CT molecular complexity index is 433. The predicted octanol–water partition coefficient (Wildman–Crippen LogP) is 5.89. The maximum absolute atomic E-state index is 11.9. The number of hydrogen-bond acceptors (Lipinski definition) is 2. The summed E-state index contributed by atoms with van der Waals surface area (Å²) in [5, 5.41) is 0. The molecule has 0 saturated carbocycles. The minimum atomic E-state index is 0.217. The van der Waals surface area contributed by atoms with E-state index in [0.29, 0.717) is 17.5 Å². The van der Waals surface area contributed by atoms with Crippen LogP contribution in [0.15, 0.2) is 11.1 Å². The number of Topliss-reactive ketones (excluding diaryl/α,β-unsaturated/α-hetero) is 2. The van der Waals surface area contributed by atoms with Crippen LogP contribution >= 0.6 is 0 Å². The highest BCUT2D eigenvalue weighted by molar-refractivity contribution is 5.99. The average molecular weight is 321 g/mol. The van der Waals surface area contributed by atoms with Gasteiger partial charge >= 0.3 is 0 Å². The van der Waals surface area contributed by atoms with E-state index in [2.05, 4.69) is 13.8 Å². The van der Waals surface area contributed by atoms with Gasteiger partial charge in [0, 0.05) is 11.8 Å². The SMILES string of the molecule is CC(=O)C(C)CCCCCCCC(C)CC1=C(C)C(=O)[C@H](C)C1. The Kier molecular flexibility index (Phi) is 8.79. The van der Waals surface area contributed by atoms with Crippen molar-refractivity contribution < 1.29 is 9.59 Å². The molecule has 23 heavy (non-hydrogen) atoms. The quantitative estimate of drug-likeness (QED) is 0.444. The van der Waals surface area contributed by atoms with Gasteiger partial charge in [0.2, 0.25) is 0 Å². The Hall–Kier alpha value is -0.920. The Morgan fingerprint density at radius 3 is 2.17 bits per heavy atom. The fourth-order valence-corrected chi connectivity index (χ4v) is 3.60. The largest absolute Gasteiger partial charge is 0.300 e. The van der Waals surface area contributed by atoms with Crippen molar-refractivity contribution in [3.63, 3.8) is 0 Å². The molecule has 0 N–H and O–H groups in total. The van der Waals surface area contributed by atoms with E-state index in [1.165, 1.54) is 44.1 Å². The second kappa shape index (κ2) is 10.1. The number of rotatable bonds is 11. The Morgan fingerprint density at radius 1 is 1.09 bits per heavy atom. The standard InChI is InChI=1S/C21H36O2/c1-15(13-20-14-17(3)21(23)18(20)4)11-9-7-6-8-10-12-16(2)19(5)22/h15-17H,6-14H2,1-5H3/t15?,16?,17-/m1/s1. The molecule has 2 unspecified atom stereocenters. The summed E-state index contributed by atoms with van der Waals surface area (Å²) >= 11 is 0. The molecule has 0 fully saturated rings. The number of unbranched alkanes of at least 4 members (excludes halogenated alkanes) is 4. The van der Waals surface area contributed by atoms with E-state index in [1.807, 2.05) is 13.8 Å². The van der Waals surface area contributed by atoms with Crippen LogP contribution in [0.1, 0.15) is 92.4 Å². The van der Waals surface area contributed by atoms with Crippen molar-refractivity contribution in [2.45, 2.75) is 92.4 Å². The molecule has 0 aromatic rings. The lowest BCUT2D eigenvalue weighted by molar-refractivity contribution is -0.120. The highest BCUT2D eigenvalue weighted by Crippen LogP contribution is 2.33. The molecular weight excluding hydrogens is 284 g/mol. The highest BCUT2D eigenvalue weighted by atomic mass is 16.1. The molecule has 2 nitrogen and oxygen atoms in total. The Balaban J connectivity index is 2.08. The van der Waals surface area contributed by atoms with Crippen LogP contribution in [0.3, 0.4) is 0 Å². The van der Waals surface area contributed by atoms with Crippen molar-refractivity contribution in [1.29, 1.82) is 0 Å². The van der Waals surface area contributed by atoms with Gasteiger partial charge in [0.05, 0.1) is 0 Å². The third kappa shape index (κ3) is 7.01. The van der Waals surface area contributed by atoms with Crippen LogP contribution in [-0.2, 0) is 9.59 Å². The van der Waals surface area contributed by atoms with Gasteiger partial charge in [0.25, 0.3) is 0 Å². The highest BCUT2D eigenvalue weighted by Gasteiger charge is 2.27. The Morgan fingerprint density at radius 2 is 1.65 bits per heavy atom. The van der Waals surface area contributed by atoms with E-state index in [9.17, 15) is 9.59 Å². The monoisotopic (exact) mass is 320 g/mol. The summed E-state index contributed by atoms with van der Waals surface area (Å²) in [6.07, 6.45) is 10.7. The maximum Gasteiger partial charge on any atom is 0.161 e. The van der Waals surface area contributed by atoms with Gasteiger partial charge in [-0.05, 0) is 44.6 Å². The number of carbonyl (C=O) groups is 2. The third-order valence-corrected chi connectivity index (χ3v) is 5.52. The summed E-state index contributed by atoms with van der Waals surface area (Å²) in [5.74, 6) is 1.84. The van der Waals surface area contributed by atoms with Gasteiger partial charge in [0.15, 0.2) is 5.78 Å². The van der Waals surface area contributed by atoms with E-state index in [-0.39, 0.29) is 11.8 Å². The van der Waals surface area contributed by atoms with Crippen molar-refractivity contribution in [2.75, 3.05) is 0 Å². The van der Waals surface area contributed by atoms with Gasteiger partial charge in [-0.1, -0.05) is 64.9 Å². The maximum atomic E-state index is 11.9. The topological polar surface area (TPSA) is 34.1 Å². The first-order chi connectivity index (χ1) is 10.8. The summed E-state index contributed by atoms with van der Waals surface area (Å²) in [7, 11) is 0. The zero-order chi connectivity index (χ0) is 17.4. The molecule has 3 atom stereocenters. The molecule has 1 aliphatic rings. The molecule has 0 radical (unpaired) electrons. The first-order valence-electron chi connectivity index (χ1n) is 9.56. The molecule has 0 saturated heterocycles. The normalized spacial score (nSPS) is 20.9. The van der Waals surface area contributed by atoms with Crippen molar-refractivity contribution >= 4 is 11.6 Å². The van der Waals surface area contributed by atoms with Gasteiger partial charge in [-0.15, -0.1) is 0 Å². The van der Waals surface area contributed by atoms with E-state index in [1.54, 1.807) is 6.92 Å². The molecule has 0 spiro atoms. The molecule has 1 rings (SSSR count). The predicted molar refractivity (Wildman–Crippen MR) is 97.4 cm³/mol. The molecule has 0 aromatic heterocycles. The summed E-state index contributed by atoms with van der Waals surface area (Å²) < 4.78 is 0. The third-order valence-electron chi connectivity index (χ3n) is 5.52. The lowest BCUT2D eigenvalue weighted by Gasteiger charge is -2.13. The molecule has 132 valence electrons. The zero-order valence-corrected chi connectivity index (χ0v) is 15.9. The van der Waals surface area contributed by atoms with E-state index in [4.69, 9.17) is 0 Å². The van der Waals surface area contributed by atoms with Gasteiger partial charge in [0.1, 0.15) is 5.78 Å². The second-order valence-electron chi connectivity index (χ2n) is 7.86. The van der Waals surface area contributed by atoms with Crippen molar-refractivity contribution in [3.8, 4) is 0 Å². The number of carbonyl (C=O) groups excluding carboxylic acids is 2. The molecule has 2 heteroatoms. The van der Waals surface area contributed by atoms with E-state index >= 15 is 0 Å². The minimum Gasteiger partial charge on any atom is -0.300 e. The second-order valence-corrected chi connectivity index (χ2v) is 7.86. The summed E-state index contributed by atoms with van der Waals surface area (Å²) in [5.41, 5.74) is 2.46. The van der Waals surface area contributed by atoms with Crippen LogP contribution in [0.25, 0.3) is 0 Å². The zero-order valence-electron chi connectivity index (χ0n) is 15.9. The number of ketones is 2. The van der Waals surface area contributed by atoms with Gasteiger partial charge in [-0.25, -0.2) is 0 Å². The van der Waals surface area contributed by atoms with Crippen LogP contribution in [-0.4, -0.2) is 11.6 Å². The van der Waals surface area contributed by atoms with Crippen LogP contribution < -0.4 is 0 Å². The smallest absolute Gasteiger partial charge is 0.161 e. The molecular formula is C21H36O2. The first-order valence-corrected chi connectivity index (χ1v) is 9.56. The minimum absolute atomic E-state index is 0.217. The number of allylic oxidation sites excluding steroid dienone is 2.